The SMILES string of the molecule is C=Cc1cc2sc3c(C(C)C)cccc3c2cc1-c1cc(C(C)C)ccn1. The molecule has 27 heavy (non-hydrogen) atoms. The standard InChI is InChI=1S/C25H25NS/c1-6-17-13-24-22(20-9-7-8-19(16(4)5)25(20)27-24)14-21(17)23-12-18(15(2)3)10-11-26-23/h6-16H,1H2,2-5H3. The van der Waals surface area contributed by atoms with Gasteiger partial charge in [-0.2, -0.15) is 0 Å². The van der Waals surface area contributed by atoms with Crippen molar-refractivity contribution in [3.63, 3.8) is 0 Å². The molecule has 0 aliphatic carbocycles. The molecule has 2 aromatic carbocycles. The second-order valence-electron chi connectivity index (χ2n) is 7.75. The lowest BCUT2D eigenvalue weighted by Crippen LogP contribution is -1.92. The highest BCUT2D eigenvalue weighted by molar-refractivity contribution is 7.26. The number of fused-ring (bicyclic) bond motifs is 3. The zero-order valence-corrected chi connectivity index (χ0v) is 17.2. The summed E-state index contributed by atoms with van der Waals surface area (Å²) >= 11 is 1.89. The summed E-state index contributed by atoms with van der Waals surface area (Å²) in [5.74, 6) is 1.00. The highest BCUT2D eigenvalue weighted by atomic mass is 32.1. The number of benzene rings is 2. The number of nitrogens with zero attached hydrogens (tertiary/aromatic N) is 1. The average molecular weight is 372 g/mol. The van der Waals surface area contributed by atoms with E-state index in [0.29, 0.717) is 11.8 Å². The fourth-order valence-corrected chi connectivity index (χ4v) is 5.07. The minimum atomic E-state index is 0.484. The minimum Gasteiger partial charge on any atom is -0.256 e. The fourth-order valence-electron chi connectivity index (χ4n) is 3.68. The van der Waals surface area contributed by atoms with Crippen LogP contribution in [0, 0.1) is 0 Å². The van der Waals surface area contributed by atoms with Crippen LogP contribution in [0.15, 0.2) is 55.2 Å². The van der Waals surface area contributed by atoms with Gasteiger partial charge >= 0.3 is 0 Å². The van der Waals surface area contributed by atoms with Crippen molar-refractivity contribution < 1.29 is 0 Å². The van der Waals surface area contributed by atoms with Gasteiger partial charge in [-0.15, -0.1) is 11.3 Å². The quantitative estimate of drug-likeness (QED) is 0.354. The highest BCUT2D eigenvalue weighted by Gasteiger charge is 2.15. The van der Waals surface area contributed by atoms with Crippen LogP contribution >= 0.6 is 11.3 Å². The molecule has 0 fully saturated rings. The predicted octanol–water partition coefficient (Wildman–Crippen LogP) is 8.01. The van der Waals surface area contributed by atoms with E-state index in [4.69, 9.17) is 0 Å². The van der Waals surface area contributed by atoms with Gasteiger partial charge in [0.25, 0.3) is 0 Å². The topological polar surface area (TPSA) is 12.9 Å². The summed E-state index contributed by atoms with van der Waals surface area (Å²) in [6, 6.07) is 15.6. The Morgan fingerprint density at radius 2 is 1.78 bits per heavy atom. The largest absolute Gasteiger partial charge is 0.256 e. The molecule has 0 unspecified atom stereocenters. The molecule has 0 atom stereocenters. The van der Waals surface area contributed by atoms with Crippen LogP contribution < -0.4 is 0 Å². The highest BCUT2D eigenvalue weighted by Crippen LogP contribution is 2.41. The average Bonchev–Trinajstić information content (AvgIpc) is 3.04. The maximum Gasteiger partial charge on any atom is 0.0711 e. The third-order valence-electron chi connectivity index (χ3n) is 5.27. The van der Waals surface area contributed by atoms with Crippen molar-refractivity contribution in [1.82, 2.24) is 4.98 Å². The molecule has 1 nitrogen and oxygen atoms in total. The summed E-state index contributed by atoms with van der Waals surface area (Å²) in [5, 5.41) is 2.66. The molecule has 4 aromatic rings. The summed E-state index contributed by atoms with van der Waals surface area (Å²) in [7, 11) is 0. The van der Waals surface area contributed by atoms with Gasteiger partial charge in [-0.05, 0) is 52.8 Å². The summed E-state index contributed by atoms with van der Waals surface area (Å²) < 4.78 is 2.72. The summed E-state index contributed by atoms with van der Waals surface area (Å²) in [6.07, 6.45) is 3.87. The molecular weight excluding hydrogens is 346 g/mol. The van der Waals surface area contributed by atoms with Crippen LogP contribution in [-0.4, -0.2) is 4.98 Å². The van der Waals surface area contributed by atoms with Crippen LogP contribution in [0.4, 0.5) is 0 Å². The molecule has 0 spiro atoms. The van der Waals surface area contributed by atoms with Crippen molar-refractivity contribution in [2.24, 2.45) is 0 Å². The molecule has 0 aliphatic rings. The second-order valence-corrected chi connectivity index (χ2v) is 8.80. The maximum absolute atomic E-state index is 4.67. The molecule has 2 heteroatoms. The zero-order valence-electron chi connectivity index (χ0n) is 16.4. The van der Waals surface area contributed by atoms with Crippen LogP contribution in [0.1, 0.15) is 56.2 Å². The number of aromatic nitrogens is 1. The number of thiophene rings is 1. The van der Waals surface area contributed by atoms with Gasteiger partial charge in [0.15, 0.2) is 0 Å². The normalized spacial score (nSPS) is 11.8. The van der Waals surface area contributed by atoms with Gasteiger partial charge in [0.1, 0.15) is 0 Å². The van der Waals surface area contributed by atoms with Gasteiger partial charge in [0, 0.05) is 31.9 Å². The van der Waals surface area contributed by atoms with Crippen molar-refractivity contribution in [2.45, 2.75) is 39.5 Å². The van der Waals surface area contributed by atoms with Gasteiger partial charge < -0.3 is 0 Å². The third kappa shape index (κ3) is 3.08. The number of hydrogen-bond donors (Lipinski definition) is 0. The molecule has 0 saturated carbocycles. The van der Waals surface area contributed by atoms with E-state index in [2.05, 4.69) is 81.7 Å². The van der Waals surface area contributed by atoms with Gasteiger partial charge in [-0.3, -0.25) is 4.98 Å². The number of hydrogen-bond acceptors (Lipinski definition) is 2. The van der Waals surface area contributed by atoms with Gasteiger partial charge in [0.2, 0.25) is 0 Å². The summed E-state index contributed by atoms with van der Waals surface area (Å²) in [4.78, 5) is 4.67. The van der Waals surface area contributed by atoms with Crippen LogP contribution in [0.25, 0.3) is 37.5 Å². The van der Waals surface area contributed by atoms with Crippen molar-refractivity contribution in [3.8, 4) is 11.3 Å². The molecule has 136 valence electrons. The van der Waals surface area contributed by atoms with E-state index in [-0.39, 0.29) is 0 Å². The Labute approximate surface area is 165 Å². The van der Waals surface area contributed by atoms with Crippen molar-refractivity contribution in [3.05, 3.63) is 71.9 Å². The predicted molar refractivity (Wildman–Crippen MR) is 121 cm³/mol. The Morgan fingerprint density at radius 1 is 0.963 bits per heavy atom. The van der Waals surface area contributed by atoms with Crippen molar-refractivity contribution in [2.75, 3.05) is 0 Å². The molecule has 0 aliphatic heterocycles. The van der Waals surface area contributed by atoms with Gasteiger partial charge in [0.05, 0.1) is 5.69 Å². The van der Waals surface area contributed by atoms with Gasteiger partial charge in [-0.25, -0.2) is 0 Å². The molecular formula is C25H25NS. The smallest absolute Gasteiger partial charge is 0.0711 e. The first-order valence-corrected chi connectivity index (χ1v) is 10.4. The monoisotopic (exact) mass is 371 g/mol. The van der Waals surface area contributed by atoms with Crippen LogP contribution in [0.3, 0.4) is 0 Å². The molecule has 0 N–H and O–H groups in total. The van der Waals surface area contributed by atoms with E-state index in [1.54, 1.807) is 0 Å². The second kappa shape index (κ2) is 6.94. The lowest BCUT2D eigenvalue weighted by atomic mass is 9.96. The first kappa shape index (κ1) is 17.9. The molecule has 0 amide bonds. The third-order valence-corrected chi connectivity index (χ3v) is 6.49. The molecule has 0 saturated heterocycles. The lowest BCUT2D eigenvalue weighted by Gasteiger charge is -2.10. The Morgan fingerprint density at radius 3 is 2.48 bits per heavy atom. The first-order valence-electron chi connectivity index (χ1n) is 9.57. The van der Waals surface area contributed by atoms with Gasteiger partial charge in [-0.1, -0.05) is 58.5 Å². The lowest BCUT2D eigenvalue weighted by molar-refractivity contribution is 0.864. The van der Waals surface area contributed by atoms with E-state index in [0.717, 1.165) is 16.8 Å². The summed E-state index contributed by atoms with van der Waals surface area (Å²) in [6.45, 7) is 13.0. The Kier molecular flexibility index (Phi) is 4.61. The molecule has 2 aromatic heterocycles. The fraction of sp³-hybridized carbons (Fsp3) is 0.240. The van der Waals surface area contributed by atoms with Crippen LogP contribution in [0.2, 0.25) is 0 Å². The molecule has 4 rings (SSSR count). The minimum absolute atomic E-state index is 0.484. The number of rotatable bonds is 4. The van der Waals surface area contributed by atoms with Crippen LogP contribution in [-0.2, 0) is 0 Å². The summed E-state index contributed by atoms with van der Waals surface area (Å²) in [5.41, 5.74) is 6.07. The molecule has 2 heterocycles. The maximum atomic E-state index is 4.67. The van der Waals surface area contributed by atoms with Crippen LogP contribution in [0.5, 0.6) is 0 Å². The van der Waals surface area contributed by atoms with E-state index in [1.807, 2.05) is 23.6 Å². The Balaban J connectivity index is 2.01. The van der Waals surface area contributed by atoms with E-state index >= 15 is 0 Å². The van der Waals surface area contributed by atoms with Crippen molar-refractivity contribution in [1.29, 1.82) is 0 Å². The van der Waals surface area contributed by atoms with E-state index < -0.39 is 0 Å². The molecule has 0 bridgehead atoms. The number of pyridine rings is 1. The Hall–Kier alpha value is -2.45. The van der Waals surface area contributed by atoms with E-state index in [1.165, 1.54) is 31.3 Å². The van der Waals surface area contributed by atoms with E-state index in [9.17, 15) is 0 Å². The first-order chi connectivity index (χ1) is 13.0. The molecule has 0 radical (unpaired) electrons. The Bertz CT molecular complexity index is 1150. The van der Waals surface area contributed by atoms with Crippen molar-refractivity contribution >= 4 is 37.6 Å². The zero-order chi connectivity index (χ0) is 19.1.